The van der Waals surface area contributed by atoms with Gasteiger partial charge in [-0.2, -0.15) is 0 Å². The van der Waals surface area contributed by atoms with Gasteiger partial charge >= 0.3 is 6.09 Å². The summed E-state index contributed by atoms with van der Waals surface area (Å²) >= 11 is 0. The molecule has 0 aliphatic carbocycles. The molecule has 0 aromatic carbocycles. The summed E-state index contributed by atoms with van der Waals surface area (Å²) in [6, 6.07) is 0. The third-order valence-electron chi connectivity index (χ3n) is 2.49. The van der Waals surface area contributed by atoms with Crippen LogP contribution in [0.15, 0.2) is 0 Å². The molecule has 1 amide bonds. The SMILES string of the molecule is CC(C)(C)OC(=O)N1CC[C@@H](F)[C@](C)(O)C1. The zero-order valence-electron chi connectivity index (χ0n) is 10.3. The van der Waals surface area contributed by atoms with E-state index in [0.29, 0.717) is 0 Å². The number of amides is 1. The lowest BCUT2D eigenvalue weighted by Crippen LogP contribution is -2.55. The second-order valence-corrected chi connectivity index (χ2v) is 5.52. The van der Waals surface area contributed by atoms with Crippen LogP contribution in [0.5, 0.6) is 0 Å². The van der Waals surface area contributed by atoms with Crippen LogP contribution in [-0.2, 0) is 4.74 Å². The molecule has 1 N–H and O–H groups in total. The van der Waals surface area contributed by atoms with Gasteiger partial charge in [-0.15, -0.1) is 0 Å². The molecule has 1 rings (SSSR count). The Morgan fingerprint density at radius 3 is 2.56 bits per heavy atom. The Bertz CT molecular complexity index is 273. The van der Waals surface area contributed by atoms with Gasteiger partial charge in [-0.25, -0.2) is 9.18 Å². The summed E-state index contributed by atoms with van der Waals surface area (Å²) < 4.78 is 18.5. The van der Waals surface area contributed by atoms with Crippen molar-refractivity contribution in [2.45, 2.75) is 51.5 Å². The van der Waals surface area contributed by atoms with E-state index < -0.39 is 23.5 Å². The first kappa shape index (κ1) is 13.2. The molecule has 0 saturated carbocycles. The van der Waals surface area contributed by atoms with Crippen LogP contribution in [0, 0.1) is 0 Å². The number of likely N-dealkylation sites (tertiary alicyclic amines) is 1. The molecule has 16 heavy (non-hydrogen) atoms. The fraction of sp³-hybridized carbons (Fsp3) is 0.909. The Morgan fingerprint density at radius 1 is 1.56 bits per heavy atom. The van der Waals surface area contributed by atoms with E-state index in [1.54, 1.807) is 20.8 Å². The standard InChI is InChI=1S/C11H20FNO3/c1-10(2,3)16-9(14)13-6-5-8(12)11(4,15)7-13/h8,15H,5-7H2,1-4H3/t8-,11-/m1/s1. The molecule has 0 bridgehead atoms. The van der Waals surface area contributed by atoms with Gasteiger partial charge in [-0.1, -0.05) is 0 Å². The van der Waals surface area contributed by atoms with Crippen molar-refractivity contribution in [2.24, 2.45) is 0 Å². The van der Waals surface area contributed by atoms with Crippen LogP contribution in [0.25, 0.3) is 0 Å². The van der Waals surface area contributed by atoms with Gasteiger partial charge in [0, 0.05) is 6.54 Å². The van der Waals surface area contributed by atoms with Crippen LogP contribution in [0.2, 0.25) is 0 Å². The van der Waals surface area contributed by atoms with Crippen molar-refractivity contribution in [2.75, 3.05) is 13.1 Å². The third kappa shape index (κ3) is 3.33. The van der Waals surface area contributed by atoms with E-state index in [4.69, 9.17) is 4.74 Å². The van der Waals surface area contributed by atoms with E-state index in [2.05, 4.69) is 0 Å². The van der Waals surface area contributed by atoms with Crippen LogP contribution in [-0.4, -0.2) is 46.6 Å². The maximum Gasteiger partial charge on any atom is 0.410 e. The molecular formula is C11H20FNO3. The van der Waals surface area contributed by atoms with Crippen molar-refractivity contribution < 1.29 is 19.0 Å². The largest absolute Gasteiger partial charge is 0.444 e. The summed E-state index contributed by atoms with van der Waals surface area (Å²) in [5.41, 5.74) is -2.05. The van der Waals surface area contributed by atoms with Gasteiger partial charge in [0.2, 0.25) is 0 Å². The number of rotatable bonds is 0. The number of carbonyl (C=O) groups is 1. The average molecular weight is 233 g/mol. The van der Waals surface area contributed by atoms with Crippen molar-refractivity contribution in [1.82, 2.24) is 4.90 Å². The van der Waals surface area contributed by atoms with Gasteiger partial charge in [0.15, 0.2) is 0 Å². The number of hydrogen-bond donors (Lipinski definition) is 1. The van der Waals surface area contributed by atoms with Gasteiger partial charge in [-0.05, 0) is 34.1 Å². The second-order valence-electron chi connectivity index (χ2n) is 5.52. The van der Waals surface area contributed by atoms with Crippen molar-refractivity contribution in [3.63, 3.8) is 0 Å². The highest BCUT2D eigenvalue weighted by atomic mass is 19.1. The number of nitrogens with zero attached hydrogens (tertiary/aromatic N) is 1. The number of β-amino-alcohol motifs (C(OH)–C–C–N with tert-alkyl or cyclic N) is 1. The molecule has 0 aromatic rings. The summed E-state index contributed by atoms with van der Waals surface area (Å²) in [5.74, 6) is 0. The normalized spacial score (nSPS) is 31.4. The first-order valence-electron chi connectivity index (χ1n) is 5.46. The second kappa shape index (κ2) is 4.20. The Kier molecular flexibility index (Phi) is 3.47. The minimum absolute atomic E-state index is 0.0247. The van der Waals surface area contributed by atoms with Crippen molar-refractivity contribution in [1.29, 1.82) is 0 Å². The molecule has 1 heterocycles. The van der Waals surface area contributed by atoms with E-state index in [9.17, 15) is 14.3 Å². The molecule has 1 aliphatic rings. The summed E-state index contributed by atoms with van der Waals surface area (Å²) in [6.45, 7) is 6.96. The maximum atomic E-state index is 13.3. The van der Waals surface area contributed by atoms with Crippen LogP contribution in [0.3, 0.4) is 0 Å². The van der Waals surface area contributed by atoms with Gasteiger partial charge in [0.25, 0.3) is 0 Å². The van der Waals surface area contributed by atoms with Crippen LogP contribution < -0.4 is 0 Å². The molecule has 0 unspecified atom stereocenters. The number of piperidine rings is 1. The highest BCUT2D eigenvalue weighted by Gasteiger charge is 2.40. The molecule has 0 aromatic heterocycles. The van der Waals surface area contributed by atoms with Gasteiger partial charge < -0.3 is 14.7 Å². The molecule has 2 atom stereocenters. The number of halogens is 1. The highest BCUT2D eigenvalue weighted by Crippen LogP contribution is 2.25. The van der Waals surface area contributed by atoms with E-state index >= 15 is 0 Å². The quantitative estimate of drug-likeness (QED) is 0.693. The molecular weight excluding hydrogens is 213 g/mol. The van der Waals surface area contributed by atoms with E-state index in [1.807, 2.05) is 0 Å². The molecule has 1 fully saturated rings. The Labute approximate surface area is 95.4 Å². The van der Waals surface area contributed by atoms with Crippen molar-refractivity contribution in [3.8, 4) is 0 Å². The number of ether oxygens (including phenoxy) is 1. The third-order valence-corrected chi connectivity index (χ3v) is 2.49. The summed E-state index contributed by atoms with van der Waals surface area (Å²) in [6.07, 6.45) is -1.64. The van der Waals surface area contributed by atoms with Gasteiger partial charge in [0.05, 0.1) is 6.54 Å². The van der Waals surface area contributed by atoms with Crippen molar-refractivity contribution >= 4 is 6.09 Å². The van der Waals surface area contributed by atoms with E-state index in [1.165, 1.54) is 11.8 Å². The lowest BCUT2D eigenvalue weighted by atomic mass is 9.93. The van der Waals surface area contributed by atoms with Crippen LogP contribution >= 0.6 is 0 Å². The Balaban J connectivity index is 2.60. The van der Waals surface area contributed by atoms with Gasteiger partial charge in [0.1, 0.15) is 17.4 Å². The number of aliphatic hydroxyl groups is 1. The lowest BCUT2D eigenvalue weighted by molar-refractivity contribution is -0.0780. The zero-order valence-corrected chi connectivity index (χ0v) is 10.3. The lowest BCUT2D eigenvalue weighted by Gasteiger charge is -2.39. The van der Waals surface area contributed by atoms with Crippen molar-refractivity contribution in [3.05, 3.63) is 0 Å². The highest BCUT2D eigenvalue weighted by molar-refractivity contribution is 5.68. The maximum absolute atomic E-state index is 13.3. The molecule has 0 radical (unpaired) electrons. The number of carbonyl (C=O) groups excluding carboxylic acids is 1. The molecule has 1 saturated heterocycles. The molecule has 0 spiro atoms. The first-order valence-corrected chi connectivity index (χ1v) is 5.46. The zero-order chi connectivity index (χ0) is 12.6. The molecule has 1 aliphatic heterocycles. The minimum Gasteiger partial charge on any atom is -0.444 e. The Hall–Kier alpha value is -0.840. The fourth-order valence-corrected chi connectivity index (χ4v) is 1.63. The Morgan fingerprint density at radius 2 is 2.12 bits per heavy atom. The summed E-state index contributed by atoms with van der Waals surface area (Å²) in [5, 5.41) is 9.74. The summed E-state index contributed by atoms with van der Waals surface area (Å²) in [4.78, 5) is 13.0. The molecule has 4 nitrogen and oxygen atoms in total. The first-order chi connectivity index (χ1) is 7.12. The molecule has 5 heteroatoms. The predicted molar refractivity (Wildman–Crippen MR) is 57.9 cm³/mol. The van der Waals surface area contributed by atoms with E-state index in [-0.39, 0.29) is 19.5 Å². The topological polar surface area (TPSA) is 49.8 Å². The smallest absolute Gasteiger partial charge is 0.410 e. The van der Waals surface area contributed by atoms with Gasteiger partial charge in [-0.3, -0.25) is 0 Å². The predicted octanol–water partition coefficient (Wildman–Crippen LogP) is 1.72. The summed E-state index contributed by atoms with van der Waals surface area (Å²) in [7, 11) is 0. The van der Waals surface area contributed by atoms with E-state index in [0.717, 1.165) is 0 Å². The monoisotopic (exact) mass is 233 g/mol. The van der Waals surface area contributed by atoms with Crippen LogP contribution in [0.1, 0.15) is 34.1 Å². The molecule has 94 valence electrons. The number of hydrogen-bond acceptors (Lipinski definition) is 3. The average Bonchev–Trinajstić information content (AvgIpc) is 2.06. The number of alkyl halides is 1. The fourth-order valence-electron chi connectivity index (χ4n) is 1.63. The minimum atomic E-state index is -1.48. The van der Waals surface area contributed by atoms with Crippen LogP contribution in [0.4, 0.5) is 9.18 Å².